The van der Waals surface area contributed by atoms with Crippen molar-refractivity contribution >= 4 is 0 Å². The van der Waals surface area contributed by atoms with Crippen molar-refractivity contribution < 1.29 is 47.5 Å². The van der Waals surface area contributed by atoms with Crippen LogP contribution in [0.3, 0.4) is 0 Å². The van der Waals surface area contributed by atoms with E-state index >= 15 is 0 Å². The molecule has 0 amide bonds. The topological polar surface area (TPSA) is 117 Å². The number of halogens is 4. The van der Waals surface area contributed by atoms with E-state index in [1.807, 2.05) is 0 Å². The SMILES string of the molecule is OC[C@H]1O[C@@H](Oc2nn(CC(F)(F)F)c(-c3ccccc3)c2Cc2ccc(F)cc2)[C@H](O)[C@@H](O)[C@@H]1O. The average molecular weight is 512 g/mol. The van der Waals surface area contributed by atoms with Gasteiger partial charge in [0.15, 0.2) is 0 Å². The number of ether oxygens (including phenoxy) is 2. The predicted octanol–water partition coefficient (Wildman–Crippen LogP) is 2.02. The van der Waals surface area contributed by atoms with E-state index < -0.39 is 55.9 Å². The van der Waals surface area contributed by atoms with Crippen molar-refractivity contribution in [2.24, 2.45) is 0 Å². The quantitative estimate of drug-likeness (QED) is 0.358. The molecular formula is C24H24F4N2O6. The number of hydrogen-bond acceptors (Lipinski definition) is 7. The number of aliphatic hydroxyl groups excluding tert-OH is 4. The number of rotatable bonds is 7. The van der Waals surface area contributed by atoms with E-state index in [2.05, 4.69) is 5.10 Å². The van der Waals surface area contributed by atoms with Crippen LogP contribution in [0.15, 0.2) is 54.6 Å². The Bertz CT molecular complexity index is 1150. The molecule has 1 fully saturated rings. The third-order valence-electron chi connectivity index (χ3n) is 5.76. The fourth-order valence-corrected chi connectivity index (χ4v) is 4.02. The Morgan fingerprint density at radius 2 is 1.61 bits per heavy atom. The van der Waals surface area contributed by atoms with E-state index in [4.69, 9.17) is 9.47 Å². The first-order valence-electron chi connectivity index (χ1n) is 11.0. The van der Waals surface area contributed by atoms with Crippen LogP contribution in [0.1, 0.15) is 11.1 Å². The first-order chi connectivity index (χ1) is 17.1. The highest BCUT2D eigenvalue weighted by Gasteiger charge is 2.45. The van der Waals surface area contributed by atoms with Gasteiger partial charge in [0.25, 0.3) is 0 Å². The zero-order chi connectivity index (χ0) is 26.0. The highest BCUT2D eigenvalue weighted by atomic mass is 19.4. The lowest BCUT2D eigenvalue weighted by molar-refractivity contribution is -0.278. The normalized spacial score (nSPS) is 24.6. The Balaban J connectivity index is 1.81. The van der Waals surface area contributed by atoms with Gasteiger partial charge < -0.3 is 29.9 Å². The zero-order valence-corrected chi connectivity index (χ0v) is 18.7. The van der Waals surface area contributed by atoms with Gasteiger partial charge in [0.2, 0.25) is 12.2 Å². The van der Waals surface area contributed by atoms with Crippen LogP contribution in [-0.4, -0.2) is 73.7 Å². The van der Waals surface area contributed by atoms with Crippen molar-refractivity contribution in [3.05, 3.63) is 71.5 Å². The molecule has 1 aliphatic rings. The predicted molar refractivity (Wildman–Crippen MR) is 117 cm³/mol. The minimum absolute atomic E-state index is 0.0187. The molecule has 0 saturated carbocycles. The van der Waals surface area contributed by atoms with Gasteiger partial charge in [-0.05, 0) is 17.7 Å². The summed E-state index contributed by atoms with van der Waals surface area (Å²) in [7, 11) is 0. The van der Waals surface area contributed by atoms with Crippen molar-refractivity contribution in [1.82, 2.24) is 9.78 Å². The molecule has 1 saturated heterocycles. The lowest BCUT2D eigenvalue weighted by Gasteiger charge is -2.39. The molecule has 4 rings (SSSR count). The summed E-state index contributed by atoms with van der Waals surface area (Å²) in [5.74, 6) is -0.820. The Morgan fingerprint density at radius 3 is 2.22 bits per heavy atom. The molecule has 5 atom stereocenters. The maximum atomic E-state index is 13.5. The molecule has 8 nitrogen and oxygen atoms in total. The summed E-state index contributed by atoms with van der Waals surface area (Å²) in [6.07, 6.45) is -12.8. The van der Waals surface area contributed by atoms with Gasteiger partial charge in [0.05, 0.1) is 12.3 Å². The van der Waals surface area contributed by atoms with Crippen LogP contribution in [0.25, 0.3) is 11.3 Å². The molecular weight excluding hydrogens is 488 g/mol. The van der Waals surface area contributed by atoms with Crippen LogP contribution in [0, 0.1) is 5.82 Å². The van der Waals surface area contributed by atoms with Crippen LogP contribution < -0.4 is 4.74 Å². The first-order valence-corrected chi connectivity index (χ1v) is 11.0. The van der Waals surface area contributed by atoms with Crippen LogP contribution in [0.4, 0.5) is 17.6 Å². The molecule has 2 heterocycles. The van der Waals surface area contributed by atoms with Crippen LogP contribution in [-0.2, 0) is 17.7 Å². The summed E-state index contributed by atoms with van der Waals surface area (Å²) >= 11 is 0. The number of nitrogens with zero attached hydrogens (tertiary/aromatic N) is 2. The molecule has 4 N–H and O–H groups in total. The highest BCUT2D eigenvalue weighted by Crippen LogP contribution is 2.36. The molecule has 194 valence electrons. The van der Waals surface area contributed by atoms with Gasteiger partial charge >= 0.3 is 6.18 Å². The molecule has 3 aromatic rings. The Hall–Kier alpha value is -3.03. The Kier molecular flexibility index (Phi) is 7.62. The summed E-state index contributed by atoms with van der Waals surface area (Å²) in [5, 5.41) is 43.9. The number of benzene rings is 2. The minimum Gasteiger partial charge on any atom is -0.443 e. The van der Waals surface area contributed by atoms with Crippen molar-refractivity contribution in [1.29, 1.82) is 0 Å². The molecule has 0 bridgehead atoms. The minimum atomic E-state index is -4.64. The lowest BCUT2D eigenvalue weighted by atomic mass is 9.99. The second-order valence-electron chi connectivity index (χ2n) is 8.39. The van der Waals surface area contributed by atoms with E-state index in [0.29, 0.717) is 15.8 Å². The third-order valence-corrected chi connectivity index (χ3v) is 5.76. The van der Waals surface area contributed by atoms with E-state index in [1.165, 1.54) is 24.3 Å². The first kappa shape index (κ1) is 26.0. The van der Waals surface area contributed by atoms with Gasteiger partial charge in [-0.15, -0.1) is 5.10 Å². The zero-order valence-electron chi connectivity index (χ0n) is 18.7. The third kappa shape index (κ3) is 5.68. The molecule has 0 aliphatic carbocycles. The summed E-state index contributed by atoms with van der Waals surface area (Å²) in [6.45, 7) is -2.17. The van der Waals surface area contributed by atoms with Gasteiger partial charge in [-0.2, -0.15) is 13.2 Å². The average Bonchev–Trinajstić information content (AvgIpc) is 3.15. The maximum Gasteiger partial charge on any atom is 0.408 e. The largest absolute Gasteiger partial charge is 0.443 e. The summed E-state index contributed by atoms with van der Waals surface area (Å²) in [4.78, 5) is 0. The fourth-order valence-electron chi connectivity index (χ4n) is 4.02. The van der Waals surface area contributed by atoms with Gasteiger partial charge in [0.1, 0.15) is 36.8 Å². The van der Waals surface area contributed by atoms with Crippen LogP contribution in [0.5, 0.6) is 5.88 Å². The highest BCUT2D eigenvalue weighted by molar-refractivity contribution is 5.67. The van der Waals surface area contributed by atoms with Crippen LogP contribution in [0.2, 0.25) is 0 Å². The van der Waals surface area contributed by atoms with E-state index in [0.717, 1.165) is 0 Å². The molecule has 1 aromatic heterocycles. The maximum absolute atomic E-state index is 13.5. The standard InChI is InChI=1S/C24H24F4N2O6/c25-15-8-6-13(7-9-15)10-16-18(14-4-2-1-3-5-14)30(12-24(26,27)28)29-22(16)36-23-21(34)20(33)19(32)17(11-31)35-23/h1-9,17,19-21,23,31-34H,10-12H2/t17-,19-,20+,21-,23+/m1/s1. The number of aromatic nitrogens is 2. The van der Waals surface area contributed by atoms with E-state index in [1.54, 1.807) is 30.3 Å². The van der Waals surface area contributed by atoms with Gasteiger partial charge in [-0.25, -0.2) is 4.39 Å². The molecule has 1 aliphatic heterocycles. The molecule has 0 unspecified atom stereocenters. The second-order valence-corrected chi connectivity index (χ2v) is 8.39. The molecule has 36 heavy (non-hydrogen) atoms. The van der Waals surface area contributed by atoms with E-state index in [-0.39, 0.29) is 23.6 Å². The second kappa shape index (κ2) is 10.5. The van der Waals surface area contributed by atoms with Crippen molar-refractivity contribution in [2.75, 3.05) is 6.61 Å². The van der Waals surface area contributed by atoms with Crippen LogP contribution >= 0.6 is 0 Å². The van der Waals surface area contributed by atoms with Crippen molar-refractivity contribution in [3.63, 3.8) is 0 Å². The summed E-state index contributed by atoms with van der Waals surface area (Å²) in [5.41, 5.74) is 1.21. The monoisotopic (exact) mass is 512 g/mol. The molecule has 12 heteroatoms. The van der Waals surface area contributed by atoms with Crippen molar-refractivity contribution in [2.45, 2.75) is 49.8 Å². The van der Waals surface area contributed by atoms with Gasteiger partial charge in [-0.3, -0.25) is 4.68 Å². The Morgan fingerprint density at radius 1 is 0.944 bits per heavy atom. The number of hydrogen-bond donors (Lipinski definition) is 4. The Labute approximate surface area is 202 Å². The van der Waals surface area contributed by atoms with Gasteiger partial charge in [-0.1, -0.05) is 42.5 Å². The smallest absolute Gasteiger partial charge is 0.408 e. The number of alkyl halides is 3. The summed E-state index contributed by atoms with van der Waals surface area (Å²) < 4.78 is 65.6. The lowest BCUT2D eigenvalue weighted by Crippen LogP contribution is -2.60. The number of aliphatic hydroxyl groups is 4. The fraction of sp³-hybridized carbons (Fsp3) is 0.375. The molecule has 0 radical (unpaired) electrons. The van der Waals surface area contributed by atoms with Crippen molar-refractivity contribution in [3.8, 4) is 17.1 Å². The van der Waals surface area contributed by atoms with Gasteiger partial charge in [0, 0.05) is 17.5 Å². The van der Waals surface area contributed by atoms with E-state index in [9.17, 15) is 38.0 Å². The molecule has 0 spiro atoms. The molecule has 2 aromatic carbocycles. The summed E-state index contributed by atoms with van der Waals surface area (Å²) in [6, 6.07) is 13.5.